The van der Waals surface area contributed by atoms with Gasteiger partial charge in [0.25, 0.3) is 0 Å². The molecule has 14 nitrogen and oxygen atoms in total. The molecule has 16 heteroatoms. The molecule has 0 aliphatic carbocycles. The summed E-state index contributed by atoms with van der Waals surface area (Å²) in [6.07, 6.45) is 2.49. The van der Waals surface area contributed by atoms with Gasteiger partial charge in [0, 0.05) is 35.5 Å². The minimum absolute atomic E-state index is 0. The van der Waals surface area contributed by atoms with Crippen molar-refractivity contribution in [1.29, 1.82) is 0 Å². The van der Waals surface area contributed by atoms with Gasteiger partial charge in [-0.25, -0.2) is 9.59 Å². The predicted molar refractivity (Wildman–Crippen MR) is 194 cm³/mol. The average Bonchev–Trinajstić information content (AvgIpc) is 3.84. The van der Waals surface area contributed by atoms with E-state index in [0.717, 1.165) is 0 Å². The third-order valence-corrected chi connectivity index (χ3v) is 14.3. The molecule has 0 unspecified atom stereocenters. The summed E-state index contributed by atoms with van der Waals surface area (Å²) in [6.45, 7) is 11.8. The van der Waals surface area contributed by atoms with E-state index in [2.05, 4.69) is 0 Å². The smallest absolute Gasteiger partial charge is 0.504 e. The monoisotopic (exact) mass is 882 g/mol. The van der Waals surface area contributed by atoms with Crippen LogP contribution in [-0.4, -0.2) is 114 Å². The molecule has 3 spiro atoms. The number of carbonyl (C=O) groups is 2. The van der Waals surface area contributed by atoms with Crippen LogP contribution < -0.4 is 0 Å². The minimum Gasteiger partial charge on any atom is -0.504 e. The number of hydrogen-bond donors (Lipinski definition) is 2. The van der Waals surface area contributed by atoms with Gasteiger partial charge in [-0.3, -0.25) is 0 Å². The third kappa shape index (κ3) is 7.15. The van der Waals surface area contributed by atoms with Gasteiger partial charge in [0.2, 0.25) is 0 Å². The van der Waals surface area contributed by atoms with Crippen molar-refractivity contribution in [2.75, 3.05) is 0 Å². The van der Waals surface area contributed by atoms with Crippen LogP contribution >= 0.6 is 0 Å². The molecular formula is C40H60AgBO14. The molecule has 8 aliphatic heterocycles. The van der Waals surface area contributed by atoms with Crippen LogP contribution in [0.25, 0.3) is 0 Å². The third-order valence-electron chi connectivity index (χ3n) is 14.3. The van der Waals surface area contributed by atoms with Crippen molar-refractivity contribution in [2.45, 2.75) is 192 Å². The Labute approximate surface area is 345 Å². The SMILES string of the molecule is C[C@@H]1CC[C@@H]2O[C@]13O[B-]14O[C@H]3C(=O)O[C@H]3C[C@@H](/C=C/C[C@@H](O)C(C)(C)[C@@H]5CC[C@@H](C)[C@](O5)(O1)[C@@H](O4)C(=O)O[C@H]1C[C@@H](/C=C/C[C@@H](O)C2(C)C)O[C@@H]1C)O[C@@H]3C.[Ag+]. The predicted octanol–water partition coefficient (Wildman–Crippen LogP) is 4.15. The normalized spacial score (nSPS) is 52.3. The first-order valence-corrected chi connectivity index (χ1v) is 20.5. The first kappa shape index (κ1) is 42.9. The van der Waals surface area contributed by atoms with Crippen LogP contribution in [0.4, 0.5) is 0 Å². The summed E-state index contributed by atoms with van der Waals surface area (Å²) in [6, 6.07) is 0. The van der Waals surface area contributed by atoms with E-state index < -0.39 is 114 Å². The summed E-state index contributed by atoms with van der Waals surface area (Å²) in [7, 11) is 0. The van der Waals surface area contributed by atoms with Gasteiger partial charge in [-0.05, 0) is 52.4 Å². The van der Waals surface area contributed by atoms with E-state index >= 15 is 0 Å². The zero-order valence-corrected chi connectivity index (χ0v) is 35.2. The van der Waals surface area contributed by atoms with Gasteiger partial charge in [0.05, 0.1) is 48.8 Å². The molecule has 16 atom stereocenters. The molecule has 56 heavy (non-hydrogen) atoms. The van der Waals surface area contributed by atoms with Crippen LogP contribution in [0, 0.1) is 22.7 Å². The summed E-state index contributed by atoms with van der Waals surface area (Å²) in [5.41, 5.74) is -1.64. The second-order valence-electron chi connectivity index (χ2n) is 18.6. The number of aliphatic hydroxyl groups is 2. The maximum absolute atomic E-state index is 14.6. The molecular weight excluding hydrogens is 823 g/mol. The van der Waals surface area contributed by atoms with E-state index in [0.29, 0.717) is 51.4 Å². The van der Waals surface area contributed by atoms with Crippen molar-refractivity contribution in [3.63, 3.8) is 0 Å². The maximum atomic E-state index is 14.6. The molecule has 8 heterocycles. The zero-order valence-electron chi connectivity index (χ0n) is 33.7. The summed E-state index contributed by atoms with van der Waals surface area (Å²) < 4.78 is 65.8. The summed E-state index contributed by atoms with van der Waals surface area (Å²) in [5.74, 6) is -6.02. The average molecular weight is 884 g/mol. The van der Waals surface area contributed by atoms with Crippen LogP contribution in [0.1, 0.15) is 107 Å². The van der Waals surface area contributed by atoms with Crippen LogP contribution in [0.3, 0.4) is 0 Å². The first-order chi connectivity index (χ1) is 25.9. The Morgan fingerprint density at radius 3 is 1.43 bits per heavy atom. The molecule has 8 aliphatic rings. The van der Waals surface area contributed by atoms with Crippen molar-refractivity contribution in [3.05, 3.63) is 24.3 Å². The number of hydrogen-bond acceptors (Lipinski definition) is 14. The Kier molecular flexibility index (Phi) is 11.8. The summed E-state index contributed by atoms with van der Waals surface area (Å²) in [4.78, 5) is 29.2. The largest absolute Gasteiger partial charge is 1.00 e. The molecule has 8 rings (SSSR count). The summed E-state index contributed by atoms with van der Waals surface area (Å²) in [5, 5.41) is 23.3. The molecule has 0 saturated carbocycles. The fraction of sp³-hybridized carbons (Fsp3) is 0.850. The maximum Gasteiger partial charge on any atom is 1.00 e. The molecule has 0 radical (unpaired) electrons. The molecule has 318 valence electrons. The molecule has 0 aromatic heterocycles. The Bertz CT molecular complexity index is 1450. The van der Waals surface area contributed by atoms with Gasteiger partial charge in [-0.15, -0.1) is 0 Å². The fourth-order valence-electron chi connectivity index (χ4n) is 10.1. The van der Waals surface area contributed by atoms with Crippen molar-refractivity contribution in [2.24, 2.45) is 22.7 Å². The van der Waals surface area contributed by atoms with E-state index in [1.54, 1.807) is 0 Å². The standard InChI is InChI=1S/C40H60BO14.Ag/c1-21-15-17-31-37(5,6)29(42)13-9-11-26-20-28(24(4)47-26)49-36(45)34-40-22(2)16-18-32(51-40)38(7,8)30(43)14-10-12-25-19-27(23(3)46-25)48-35(44)33-39(21,50-31)54-41(52-33,53-34)55-40;/h9-12,21-34,42-43H,13-20H2,1-8H3;/q-1;+1/b11-9+,12-10+;/t21-,22-,23-,24-,25-,26-,27+,28+,29-,30-,31+,32+,33+,34+,39+,40+,41?;/m1./s1. The molecule has 2 N–H and O–H groups in total. The van der Waals surface area contributed by atoms with Crippen LogP contribution in [0.5, 0.6) is 0 Å². The van der Waals surface area contributed by atoms with Crippen molar-refractivity contribution in [3.8, 4) is 0 Å². The topological polar surface area (TPSA) is 167 Å². The van der Waals surface area contributed by atoms with Crippen molar-refractivity contribution >= 4 is 18.9 Å². The molecule has 11 bridgehead atoms. The Hall–Kier alpha value is -1.17. The number of fused-ring (bicyclic) bond motifs is 8. The Morgan fingerprint density at radius 1 is 0.643 bits per heavy atom. The Morgan fingerprint density at radius 2 is 1.04 bits per heavy atom. The van der Waals surface area contributed by atoms with Crippen LogP contribution in [-0.2, 0) is 79.0 Å². The molecule has 6 saturated heterocycles. The van der Waals surface area contributed by atoms with Gasteiger partial charge in [0.1, 0.15) is 12.2 Å². The van der Waals surface area contributed by atoms with Crippen LogP contribution in [0.15, 0.2) is 24.3 Å². The first-order valence-electron chi connectivity index (χ1n) is 20.5. The van der Waals surface area contributed by atoms with Gasteiger partial charge in [0.15, 0.2) is 23.8 Å². The number of esters is 2. The minimum atomic E-state index is -3.42. The van der Waals surface area contributed by atoms with E-state index in [-0.39, 0.29) is 34.6 Å². The Balaban J connectivity index is 0.00000480. The van der Waals surface area contributed by atoms with Gasteiger partial charge in [-0.1, -0.05) is 65.8 Å². The second kappa shape index (κ2) is 15.4. The molecule has 0 aromatic carbocycles. The number of aliphatic hydroxyl groups excluding tert-OH is 2. The van der Waals surface area contributed by atoms with Crippen molar-refractivity contribution in [1.82, 2.24) is 0 Å². The fourth-order valence-corrected chi connectivity index (χ4v) is 10.1. The molecule has 6 fully saturated rings. The summed E-state index contributed by atoms with van der Waals surface area (Å²) >= 11 is 0. The van der Waals surface area contributed by atoms with E-state index in [1.807, 2.05) is 79.7 Å². The van der Waals surface area contributed by atoms with E-state index in [1.165, 1.54) is 0 Å². The number of carbonyl (C=O) groups excluding carboxylic acids is 2. The van der Waals surface area contributed by atoms with Crippen molar-refractivity contribution < 1.29 is 89.2 Å². The molecule has 0 amide bonds. The molecule has 0 aromatic rings. The quantitative estimate of drug-likeness (QED) is 0.203. The second-order valence-corrected chi connectivity index (χ2v) is 18.6. The van der Waals surface area contributed by atoms with E-state index in [9.17, 15) is 19.8 Å². The van der Waals surface area contributed by atoms with Gasteiger partial charge in [-0.2, -0.15) is 0 Å². The zero-order chi connectivity index (χ0) is 39.3. The van der Waals surface area contributed by atoms with Gasteiger partial charge >= 0.3 is 41.3 Å². The van der Waals surface area contributed by atoms with Crippen LogP contribution in [0.2, 0.25) is 0 Å². The number of ether oxygens (including phenoxy) is 6. The van der Waals surface area contributed by atoms with Gasteiger partial charge < -0.3 is 57.3 Å². The van der Waals surface area contributed by atoms with E-state index in [4.69, 9.17) is 47.0 Å². The number of rotatable bonds is 0.